The lowest BCUT2D eigenvalue weighted by molar-refractivity contribution is -0.137. The molecule has 3 N–H and O–H groups in total. The molecule has 0 aromatic heterocycles. The van der Waals surface area contributed by atoms with Crippen LogP contribution in [0.5, 0.6) is 0 Å². The van der Waals surface area contributed by atoms with Gasteiger partial charge in [-0.25, -0.2) is 0 Å². The molecule has 1 amide bonds. The van der Waals surface area contributed by atoms with Gasteiger partial charge in [0.2, 0.25) is 0 Å². The van der Waals surface area contributed by atoms with E-state index in [0.717, 1.165) is 18.2 Å². The molecule has 0 radical (unpaired) electrons. The maximum atomic E-state index is 12.6. The molecule has 0 heterocycles. The van der Waals surface area contributed by atoms with E-state index >= 15 is 0 Å². The van der Waals surface area contributed by atoms with Gasteiger partial charge in [-0.1, -0.05) is 24.3 Å². The minimum Gasteiger partial charge on any atom is -0.423 e. The van der Waals surface area contributed by atoms with Crippen LogP contribution in [0.1, 0.15) is 15.9 Å². The fourth-order valence-corrected chi connectivity index (χ4v) is 1.87. The summed E-state index contributed by atoms with van der Waals surface area (Å²) in [5, 5.41) is 20.7. The molecule has 0 spiro atoms. The third kappa shape index (κ3) is 3.66. The number of nitrogens with one attached hydrogen (secondary N) is 1. The summed E-state index contributed by atoms with van der Waals surface area (Å²) in [7, 11) is -1.81. The van der Waals surface area contributed by atoms with E-state index in [9.17, 15) is 28.0 Å². The SMILES string of the molecule is O=C(Nc1ccccc1B(O)O)c1cccc(C(F)(F)F)c1. The van der Waals surface area contributed by atoms with Crippen LogP contribution in [-0.4, -0.2) is 23.1 Å². The lowest BCUT2D eigenvalue weighted by atomic mass is 9.79. The Kier molecular flexibility index (Phi) is 4.53. The molecular formula is C14H11BF3NO3. The molecule has 0 aliphatic carbocycles. The van der Waals surface area contributed by atoms with E-state index < -0.39 is 24.8 Å². The van der Waals surface area contributed by atoms with Crippen molar-refractivity contribution in [2.45, 2.75) is 6.18 Å². The number of para-hydroxylation sites is 1. The van der Waals surface area contributed by atoms with E-state index in [4.69, 9.17) is 0 Å². The number of hydrogen-bond donors (Lipinski definition) is 3. The van der Waals surface area contributed by atoms with Crippen molar-refractivity contribution < 1.29 is 28.0 Å². The summed E-state index contributed by atoms with van der Waals surface area (Å²) in [4.78, 5) is 12.0. The smallest absolute Gasteiger partial charge is 0.423 e. The normalized spacial score (nSPS) is 11.1. The van der Waals surface area contributed by atoms with Crippen LogP contribution in [0.25, 0.3) is 0 Å². The molecule has 0 saturated heterocycles. The number of rotatable bonds is 3. The second-order valence-corrected chi connectivity index (χ2v) is 4.49. The second-order valence-electron chi connectivity index (χ2n) is 4.49. The predicted octanol–water partition coefficient (Wildman–Crippen LogP) is 1.64. The molecule has 8 heteroatoms. The molecule has 0 fully saturated rings. The highest BCUT2D eigenvalue weighted by molar-refractivity contribution is 6.60. The molecule has 2 aromatic rings. The minimum absolute atomic E-state index is 0.0443. The molecular weight excluding hydrogens is 298 g/mol. The highest BCUT2D eigenvalue weighted by atomic mass is 19.4. The first-order valence-corrected chi connectivity index (χ1v) is 6.22. The van der Waals surface area contributed by atoms with Crippen LogP contribution in [0.15, 0.2) is 48.5 Å². The fraction of sp³-hybridized carbons (Fsp3) is 0.0714. The summed E-state index contributed by atoms with van der Waals surface area (Å²) in [5.41, 5.74) is -0.963. The molecule has 2 aromatic carbocycles. The van der Waals surface area contributed by atoms with Crippen molar-refractivity contribution in [3.05, 3.63) is 59.7 Å². The Morgan fingerprint density at radius 3 is 2.36 bits per heavy atom. The molecule has 0 bridgehead atoms. The molecule has 0 unspecified atom stereocenters. The summed E-state index contributed by atoms with van der Waals surface area (Å²) < 4.78 is 37.9. The van der Waals surface area contributed by atoms with Crippen molar-refractivity contribution >= 4 is 24.2 Å². The molecule has 0 aliphatic rings. The van der Waals surface area contributed by atoms with E-state index in [1.165, 1.54) is 24.3 Å². The van der Waals surface area contributed by atoms with Crippen LogP contribution in [0.4, 0.5) is 18.9 Å². The predicted molar refractivity (Wildman–Crippen MR) is 75.7 cm³/mol. The number of halogens is 3. The zero-order chi connectivity index (χ0) is 16.3. The summed E-state index contributed by atoms with van der Waals surface area (Å²) in [5.74, 6) is -0.779. The summed E-state index contributed by atoms with van der Waals surface area (Å²) >= 11 is 0. The van der Waals surface area contributed by atoms with Crippen molar-refractivity contribution in [3.8, 4) is 0 Å². The van der Waals surface area contributed by atoms with Crippen molar-refractivity contribution in [3.63, 3.8) is 0 Å². The number of carbonyl (C=O) groups excluding carboxylic acids is 1. The van der Waals surface area contributed by atoms with Gasteiger partial charge in [0.05, 0.1) is 5.56 Å². The number of benzene rings is 2. The van der Waals surface area contributed by atoms with E-state index in [1.807, 2.05) is 0 Å². The van der Waals surface area contributed by atoms with Gasteiger partial charge < -0.3 is 15.4 Å². The van der Waals surface area contributed by atoms with Crippen LogP contribution < -0.4 is 10.8 Å². The Morgan fingerprint density at radius 2 is 1.73 bits per heavy atom. The van der Waals surface area contributed by atoms with Gasteiger partial charge in [-0.15, -0.1) is 0 Å². The number of alkyl halides is 3. The average Bonchev–Trinajstić information content (AvgIpc) is 2.47. The number of amides is 1. The maximum Gasteiger partial charge on any atom is 0.490 e. The highest BCUT2D eigenvalue weighted by Gasteiger charge is 2.31. The summed E-state index contributed by atoms with van der Waals surface area (Å²) in [6.45, 7) is 0. The van der Waals surface area contributed by atoms with E-state index in [0.29, 0.717) is 0 Å². The standard InChI is InChI=1S/C14H11BF3NO3/c16-14(17,18)10-5-3-4-9(8-10)13(20)19-12-7-2-1-6-11(12)15(21)22/h1-8,21-22H,(H,19,20). The van der Waals surface area contributed by atoms with Gasteiger partial charge in [-0.3, -0.25) is 4.79 Å². The van der Waals surface area contributed by atoms with Gasteiger partial charge in [-0.2, -0.15) is 13.2 Å². The van der Waals surface area contributed by atoms with Crippen molar-refractivity contribution in [1.82, 2.24) is 0 Å². The molecule has 114 valence electrons. The number of anilines is 1. The van der Waals surface area contributed by atoms with Gasteiger partial charge in [0.25, 0.3) is 5.91 Å². The molecule has 22 heavy (non-hydrogen) atoms. The third-order valence-corrected chi connectivity index (χ3v) is 2.94. The first kappa shape index (κ1) is 16.1. The first-order chi connectivity index (χ1) is 10.3. The Balaban J connectivity index is 2.27. The number of carbonyl (C=O) groups is 1. The van der Waals surface area contributed by atoms with Gasteiger partial charge in [0.1, 0.15) is 0 Å². The zero-order valence-corrected chi connectivity index (χ0v) is 11.1. The van der Waals surface area contributed by atoms with Crippen molar-refractivity contribution in [2.24, 2.45) is 0 Å². The number of hydrogen-bond acceptors (Lipinski definition) is 3. The van der Waals surface area contributed by atoms with E-state index in [-0.39, 0.29) is 16.7 Å². The summed E-state index contributed by atoms with van der Waals surface area (Å²) in [6, 6.07) is 9.84. The quantitative estimate of drug-likeness (QED) is 0.755. The third-order valence-electron chi connectivity index (χ3n) is 2.94. The van der Waals surface area contributed by atoms with Gasteiger partial charge in [-0.05, 0) is 24.3 Å². The van der Waals surface area contributed by atoms with Gasteiger partial charge >= 0.3 is 13.3 Å². The Morgan fingerprint density at radius 1 is 1.05 bits per heavy atom. The zero-order valence-electron chi connectivity index (χ0n) is 11.1. The van der Waals surface area contributed by atoms with Crippen LogP contribution in [0.3, 0.4) is 0 Å². The maximum absolute atomic E-state index is 12.6. The molecule has 0 saturated carbocycles. The van der Waals surface area contributed by atoms with Crippen LogP contribution in [0.2, 0.25) is 0 Å². The minimum atomic E-state index is -4.55. The van der Waals surface area contributed by atoms with Crippen LogP contribution >= 0.6 is 0 Å². The first-order valence-electron chi connectivity index (χ1n) is 6.22. The van der Waals surface area contributed by atoms with Crippen molar-refractivity contribution in [2.75, 3.05) is 5.32 Å². The second kappa shape index (κ2) is 6.21. The molecule has 0 aliphatic heterocycles. The van der Waals surface area contributed by atoms with E-state index in [2.05, 4.69) is 5.32 Å². The topological polar surface area (TPSA) is 69.6 Å². The van der Waals surface area contributed by atoms with Crippen molar-refractivity contribution in [1.29, 1.82) is 0 Å². The lowest BCUT2D eigenvalue weighted by Crippen LogP contribution is -2.33. The van der Waals surface area contributed by atoms with Crippen LogP contribution in [0, 0.1) is 0 Å². The van der Waals surface area contributed by atoms with E-state index in [1.54, 1.807) is 6.07 Å². The monoisotopic (exact) mass is 309 g/mol. The largest absolute Gasteiger partial charge is 0.490 e. The fourth-order valence-electron chi connectivity index (χ4n) is 1.87. The average molecular weight is 309 g/mol. The molecule has 4 nitrogen and oxygen atoms in total. The van der Waals surface area contributed by atoms with Crippen LogP contribution in [-0.2, 0) is 6.18 Å². The van der Waals surface area contributed by atoms with Gasteiger partial charge in [0, 0.05) is 16.7 Å². The Hall–Kier alpha value is -2.32. The Bertz CT molecular complexity index is 689. The molecule has 2 rings (SSSR count). The molecule has 0 atom stereocenters. The summed E-state index contributed by atoms with van der Waals surface area (Å²) in [6.07, 6.45) is -4.55. The highest BCUT2D eigenvalue weighted by Crippen LogP contribution is 2.29. The van der Waals surface area contributed by atoms with Gasteiger partial charge in [0.15, 0.2) is 0 Å². The lowest BCUT2D eigenvalue weighted by Gasteiger charge is -2.12. The Labute approximate surface area is 124 Å².